The molecular formula is C22H27FN4O3. The largest absolute Gasteiger partial charge is 0.342 e. The van der Waals surface area contributed by atoms with Gasteiger partial charge in [0.05, 0.1) is 18.3 Å². The van der Waals surface area contributed by atoms with Gasteiger partial charge in [0, 0.05) is 26.2 Å². The third kappa shape index (κ3) is 4.68. The summed E-state index contributed by atoms with van der Waals surface area (Å²) in [6, 6.07) is 5.99. The third-order valence-corrected chi connectivity index (χ3v) is 6.02. The lowest BCUT2D eigenvalue weighted by atomic mass is 9.92. The molecule has 1 aromatic heterocycles. The lowest BCUT2D eigenvalue weighted by molar-refractivity contribution is -0.141. The van der Waals surface area contributed by atoms with E-state index in [1.165, 1.54) is 12.1 Å². The molecule has 0 aliphatic carbocycles. The van der Waals surface area contributed by atoms with Crippen molar-refractivity contribution in [3.63, 3.8) is 0 Å². The zero-order chi connectivity index (χ0) is 21.1. The van der Waals surface area contributed by atoms with E-state index in [4.69, 9.17) is 4.52 Å². The number of aromatic nitrogens is 2. The smallest absolute Gasteiger partial charge is 0.231 e. The van der Waals surface area contributed by atoms with Crippen molar-refractivity contribution in [3.8, 4) is 0 Å². The minimum Gasteiger partial charge on any atom is -0.342 e. The molecule has 0 radical (unpaired) electrons. The predicted octanol–water partition coefficient (Wildman–Crippen LogP) is 2.70. The van der Waals surface area contributed by atoms with Gasteiger partial charge in [-0.3, -0.25) is 9.59 Å². The summed E-state index contributed by atoms with van der Waals surface area (Å²) < 4.78 is 18.4. The molecule has 4 rings (SSSR count). The normalized spacial score (nSPS) is 22.2. The van der Waals surface area contributed by atoms with Crippen LogP contribution in [0.4, 0.5) is 4.39 Å². The van der Waals surface area contributed by atoms with Crippen molar-refractivity contribution >= 4 is 11.8 Å². The highest BCUT2D eigenvalue weighted by Gasteiger charge is 2.34. The number of carbonyl (C=O) groups excluding carboxylic acids is 2. The molecule has 2 fully saturated rings. The third-order valence-electron chi connectivity index (χ3n) is 6.02. The molecule has 7 nitrogen and oxygen atoms in total. The van der Waals surface area contributed by atoms with Crippen LogP contribution in [0.3, 0.4) is 0 Å². The number of piperidine rings is 2. The van der Waals surface area contributed by atoms with E-state index in [9.17, 15) is 14.0 Å². The van der Waals surface area contributed by atoms with Crippen LogP contribution in [0.2, 0.25) is 0 Å². The second kappa shape index (κ2) is 8.93. The zero-order valence-electron chi connectivity index (χ0n) is 17.2. The van der Waals surface area contributed by atoms with Gasteiger partial charge in [-0.25, -0.2) is 4.39 Å². The highest BCUT2D eigenvalue weighted by atomic mass is 19.1. The average molecular weight is 414 g/mol. The Morgan fingerprint density at radius 2 is 1.83 bits per heavy atom. The van der Waals surface area contributed by atoms with Gasteiger partial charge in [-0.1, -0.05) is 17.3 Å². The van der Waals surface area contributed by atoms with Crippen molar-refractivity contribution in [2.75, 3.05) is 26.2 Å². The summed E-state index contributed by atoms with van der Waals surface area (Å²) in [6.07, 6.45) is 3.66. The first-order valence-corrected chi connectivity index (χ1v) is 10.6. The number of nitrogens with zero attached hydrogens (tertiary/aromatic N) is 4. The Morgan fingerprint density at radius 1 is 1.10 bits per heavy atom. The minimum absolute atomic E-state index is 0.0167. The first-order valence-electron chi connectivity index (χ1n) is 10.6. The van der Waals surface area contributed by atoms with E-state index in [1.54, 1.807) is 24.0 Å². The number of hydrogen-bond donors (Lipinski definition) is 0. The molecular weight excluding hydrogens is 387 g/mol. The molecule has 0 N–H and O–H groups in total. The fraction of sp³-hybridized carbons (Fsp3) is 0.545. The van der Waals surface area contributed by atoms with E-state index in [-0.39, 0.29) is 35.9 Å². The summed E-state index contributed by atoms with van der Waals surface area (Å²) >= 11 is 0. The number of aryl methyl sites for hydroxylation is 1. The number of likely N-dealkylation sites (tertiary alicyclic amines) is 2. The molecule has 2 aromatic rings. The van der Waals surface area contributed by atoms with Gasteiger partial charge in [-0.05, 0) is 50.3 Å². The van der Waals surface area contributed by atoms with E-state index in [0.29, 0.717) is 31.3 Å². The quantitative estimate of drug-likeness (QED) is 0.769. The molecule has 2 aliphatic rings. The number of rotatable bonds is 4. The Balaban J connectivity index is 1.35. The molecule has 0 bridgehead atoms. The number of amides is 2. The standard InChI is InChI=1S/C22H27FN4O3/c1-15-24-21(30-25-15)17-4-2-11-27(13-17)22(29)18-5-3-10-26(14-18)20(28)12-16-6-8-19(23)9-7-16/h6-9,17-18H,2-5,10-14H2,1H3/t17-,18-/m0/s1. The van der Waals surface area contributed by atoms with E-state index in [1.807, 2.05) is 4.90 Å². The lowest BCUT2D eigenvalue weighted by Crippen LogP contribution is -2.49. The van der Waals surface area contributed by atoms with Crippen LogP contribution in [0.25, 0.3) is 0 Å². The lowest BCUT2D eigenvalue weighted by Gasteiger charge is -2.37. The molecule has 30 heavy (non-hydrogen) atoms. The first-order chi connectivity index (χ1) is 14.5. The van der Waals surface area contributed by atoms with E-state index in [2.05, 4.69) is 10.1 Å². The van der Waals surface area contributed by atoms with Crippen LogP contribution < -0.4 is 0 Å². The van der Waals surface area contributed by atoms with Gasteiger partial charge in [0.15, 0.2) is 5.82 Å². The molecule has 2 aliphatic heterocycles. The van der Waals surface area contributed by atoms with Gasteiger partial charge < -0.3 is 14.3 Å². The Morgan fingerprint density at radius 3 is 2.57 bits per heavy atom. The monoisotopic (exact) mass is 414 g/mol. The summed E-state index contributed by atoms with van der Waals surface area (Å²) in [7, 11) is 0. The van der Waals surface area contributed by atoms with Crippen LogP contribution >= 0.6 is 0 Å². The van der Waals surface area contributed by atoms with Crippen molar-refractivity contribution in [1.29, 1.82) is 0 Å². The SMILES string of the molecule is Cc1noc([C@H]2CCCN(C(=O)[C@H]3CCCN(C(=O)Cc4ccc(F)cc4)C3)C2)n1. The van der Waals surface area contributed by atoms with Gasteiger partial charge >= 0.3 is 0 Å². The van der Waals surface area contributed by atoms with Crippen LogP contribution in [0.1, 0.15) is 48.9 Å². The van der Waals surface area contributed by atoms with Crippen LogP contribution in [-0.2, 0) is 16.0 Å². The highest BCUT2D eigenvalue weighted by molar-refractivity contribution is 5.82. The molecule has 160 valence electrons. The topological polar surface area (TPSA) is 79.5 Å². The minimum atomic E-state index is -0.314. The second-order valence-corrected chi connectivity index (χ2v) is 8.29. The summed E-state index contributed by atoms with van der Waals surface area (Å²) in [6.45, 7) is 4.20. The second-order valence-electron chi connectivity index (χ2n) is 8.29. The molecule has 3 heterocycles. The summed E-state index contributed by atoms with van der Waals surface area (Å²) in [4.78, 5) is 33.9. The predicted molar refractivity (Wildman–Crippen MR) is 107 cm³/mol. The van der Waals surface area contributed by atoms with Crippen molar-refractivity contribution in [2.45, 2.75) is 44.9 Å². The molecule has 8 heteroatoms. The summed E-state index contributed by atoms with van der Waals surface area (Å²) in [5.41, 5.74) is 0.781. The molecule has 2 atom stereocenters. The molecule has 1 aromatic carbocycles. The molecule has 0 spiro atoms. The Kier molecular flexibility index (Phi) is 6.11. The van der Waals surface area contributed by atoms with Crippen LogP contribution in [0.5, 0.6) is 0 Å². The van der Waals surface area contributed by atoms with Crippen LogP contribution in [-0.4, -0.2) is 57.9 Å². The van der Waals surface area contributed by atoms with E-state index >= 15 is 0 Å². The number of benzene rings is 1. The molecule has 0 saturated carbocycles. The molecule has 2 saturated heterocycles. The molecule has 0 unspecified atom stereocenters. The average Bonchev–Trinajstić information content (AvgIpc) is 3.21. The van der Waals surface area contributed by atoms with Gasteiger partial charge in [0.2, 0.25) is 17.7 Å². The van der Waals surface area contributed by atoms with Crippen molar-refractivity contribution in [2.24, 2.45) is 5.92 Å². The number of halogens is 1. The van der Waals surface area contributed by atoms with E-state index in [0.717, 1.165) is 37.8 Å². The van der Waals surface area contributed by atoms with Crippen molar-refractivity contribution in [1.82, 2.24) is 19.9 Å². The van der Waals surface area contributed by atoms with Crippen LogP contribution in [0.15, 0.2) is 28.8 Å². The Labute approximate surface area is 175 Å². The maximum Gasteiger partial charge on any atom is 0.231 e. The Hall–Kier alpha value is -2.77. The van der Waals surface area contributed by atoms with Crippen molar-refractivity contribution < 1.29 is 18.5 Å². The van der Waals surface area contributed by atoms with Crippen molar-refractivity contribution in [3.05, 3.63) is 47.4 Å². The maximum atomic E-state index is 13.2. The Bertz CT molecular complexity index is 898. The van der Waals surface area contributed by atoms with Gasteiger partial charge in [0.1, 0.15) is 5.82 Å². The van der Waals surface area contributed by atoms with Crippen LogP contribution in [0, 0.1) is 18.7 Å². The van der Waals surface area contributed by atoms with Gasteiger partial charge in [0.25, 0.3) is 0 Å². The fourth-order valence-electron chi connectivity index (χ4n) is 4.41. The summed E-state index contributed by atoms with van der Waals surface area (Å²) in [5, 5.41) is 3.87. The highest BCUT2D eigenvalue weighted by Crippen LogP contribution is 2.28. The van der Waals surface area contributed by atoms with Gasteiger partial charge in [-0.15, -0.1) is 0 Å². The van der Waals surface area contributed by atoms with E-state index < -0.39 is 0 Å². The summed E-state index contributed by atoms with van der Waals surface area (Å²) in [5.74, 6) is 0.876. The maximum absolute atomic E-state index is 13.2. The zero-order valence-corrected chi connectivity index (χ0v) is 17.2. The fourth-order valence-corrected chi connectivity index (χ4v) is 4.41. The number of carbonyl (C=O) groups is 2. The molecule has 2 amide bonds. The van der Waals surface area contributed by atoms with Gasteiger partial charge in [-0.2, -0.15) is 4.98 Å². The first kappa shape index (κ1) is 20.5. The number of hydrogen-bond acceptors (Lipinski definition) is 5.